The second-order valence-electron chi connectivity index (χ2n) is 2.52. The van der Waals surface area contributed by atoms with Crippen LogP contribution in [-0.2, 0) is 4.79 Å². The Morgan fingerprint density at radius 3 is 2.29 bits per heavy atom. The molecule has 0 aliphatic carbocycles. The van der Waals surface area contributed by atoms with Gasteiger partial charge >= 0.3 is 0 Å². The zero-order chi connectivity index (χ0) is 10.7. The van der Waals surface area contributed by atoms with Gasteiger partial charge in [-0.3, -0.25) is 14.9 Å². The Morgan fingerprint density at radius 2 is 1.93 bits per heavy atom. The van der Waals surface area contributed by atoms with E-state index in [0.717, 1.165) is 0 Å². The summed E-state index contributed by atoms with van der Waals surface area (Å²) in [4.78, 5) is 19.9. The van der Waals surface area contributed by atoms with Crippen molar-refractivity contribution in [3.63, 3.8) is 0 Å². The molecule has 0 amide bonds. The summed E-state index contributed by atoms with van der Waals surface area (Å²) in [6.07, 6.45) is 0. The molecular formula is C8H5BrClNO3. The lowest BCUT2D eigenvalue weighted by Crippen LogP contribution is -1.98. The third-order valence-electron chi connectivity index (χ3n) is 1.60. The summed E-state index contributed by atoms with van der Waals surface area (Å²) in [6.45, 7) is 0. The normalized spacial score (nSPS) is 12.1. The van der Waals surface area contributed by atoms with Gasteiger partial charge in [0.15, 0.2) is 0 Å². The number of carbonyl (C=O) groups excluding carboxylic acids is 1. The molecule has 0 aliphatic heterocycles. The first kappa shape index (κ1) is 11.1. The number of rotatable bonds is 3. The zero-order valence-corrected chi connectivity index (χ0v) is 9.16. The van der Waals surface area contributed by atoms with Crippen molar-refractivity contribution >= 4 is 38.5 Å². The SMILES string of the molecule is O=C(Cl)[C@@H](Br)c1ccc([N+](=O)[O-])cc1. The fraction of sp³-hybridized carbons (Fsp3) is 0.125. The van der Waals surface area contributed by atoms with Crippen molar-refractivity contribution in [1.29, 1.82) is 0 Å². The molecule has 1 aromatic carbocycles. The zero-order valence-electron chi connectivity index (χ0n) is 6.81. The average Bonchev–Trinajstić information content (AvgIpc) is 2.16. The summed E-state index contributed by atoms with van der Waals surface area (Å²) in [5, 5.41) is 9.76. The highest BCUT2D eigenvalue weighted by molar-refractivity contribution is 9.09. The number of non-ortho nitro benzene ring substituents is 1. The maximum atomic E-state index is 10.7. The highest BCUT2D eigenvalue weighted by Gasteiger charge is 2.15. The molecule has 74 valence electrons. The topological polar surface area (TPSA) is 60.2 Å². The number of nitro groups is 1. The quantitative estimate of drug-likeness (QED) is 0.370. The number of nitrogens with zero attached hydrogens (tertiary/aromatic N) is 1. The summed E-state index contributed by atoms with van der Waals surface area (Å²) < 4.78 is 0. The summed E-state index contributed by atoms with van der Waals surface area (Å²) in [5.41, 5.74) is 0.575. The molecule has 14 heavy (non-hydrogen) atoms. The molecule has 1 atom stereocenters. The molecule has 0 aromatic heterocycles. The molecule has 4 nitrogen and oxygen atoms in total. The first-order chi connectivity index (χ1) is 6.52. The Morgan fingerprint density at radius 1 is 1.43 bits per heavy atom. The van der Waals surface area contributed by atoms with Gasteiger partial charge in [-0.2, -0.15) is 0 Å². The molecule has 0 saturated heterocycles. The molecule has 0 unspecified atom stereocenters. The van der Waals surface area contributed by atoms with E-state index in [2.05, 4.69) is 15.9 Å². The van der Waals surface area contributed by atoms with Gasteiger partial charge in [0.2, 0.25) is 5.24 Å². The Kier molecular flexibility index (Phi) is 3.60. The molecule has 6 heteroatoms. The molecule has 0 spiro atoms. The molecule has 0 aliphatic rings. The van der Waals surface area contributed by atoms with Crippen LogP contribution in [0.3, 0.4) is 0 Å². The minimum Gasteiger partial charge on any atom is -0.280 e. The van der Waals surface area contributed by atoms with E-state index in [1.165, 1.54) is 24.3 Å². The van der Waals surface area contributed by atoms with Gasteiger partial charge in [-0.25, -0.2) is 0 Å². The van der Waals surface area contributed by atoms with Crippen molar-refractivity contribution in [3.8, 4) is 0 Å². The highest BCUT2D eigenvalue weighted by atomic mass is 79.9. The van der Waals surface area contributed by atoms with Crippen LogP contribution in [0, 0.1) is 10.1 Å². The van der Waals surface area contributed by atoms with Crippen LogP contribution >= 0.6 is 27.5 Å². The van der Waals surface area contributed by atoms with Crippen LogP contribution in [0.5, 0.6) is 0 Å². The lowest BCUT2D eigenvalue weighted by atomic mass is 10.1. The molecule has 0 fully saturated rings. The van der Waals surface area contributed by atoms with Gasteiger partial charge < -0.3 is 0 Å². The maximum absolute atomic E-state index is 10.7. The standard InChI is InChI=1S/C8H5BrClNO3/c9-7(8(10)12)5-1-3-6(4-2-5)11(13)14/h1-4,7H/t7-/m0/s1. The van der Waals surface area contributed by atoms with Crippen LogP contribution in [0.1, 0.15) is 10.4 Å². The van der Waals surface area contributed by atoms with E-state index in [9.17, 15) is 14.9 Å². The smallest absolute Gasteiger partial charge is 0.269 e. The number of benzene rings is 1. The lowest BCUT2D eigenvalue weighted by Gasteiger charge is -2.03. The number of nitro benzene ring substituents is 1. The largest absolute Gasteiger partial charge is 0.280 e. The summed E-state index contributed by atoms with van der Waals surface area (Å²) in [5.74, 6) is 0. The highest BCUT2D eigenvalue weighted by Crippen LogP contribution is 2.26. The molecule has 1 aromatic rings. The Bertz CT molecular complexity index is 365. The number of carbonyl (C=O) groups is 1. The van der Waals surface area contributed by atoms with Crippen molar-refractivity contribution in [2.24, 2.45) is 0 Å². The molecule has 1 rings (SSSR count). The Labute approximate surface area is 93.1 Å². The number of alkyl halides is 1. The summed E-state index contributed by atoms with van der Waals surface area (Å²) >= 11 is 8.31. The molecular weight excluding hydrogens is 273 g/mol. The molecule has 0 radical (unpaired) electrons. The first-order valence-corrected chi connectivity index (χ1v) is 4.89. The third-order valence-corrected chi connectivity index (χ3v) is 3.02. The van der Waals surface area contributed by atoms with Gasteiger partial charge in [-0.1, -0.05) is 28.1 Å². The Balaban J connectivity index is 2.94. The third kappa shape index (κ3) is 2.52. The summed E-state index contributed by atoms with van der Waals surface area (Å²) in [7, 11) is 0. The van der Waals surface area contributed by atoms with Crippen LogP contribution in [0.4, 0.5) is 5.69 Å². The minimum absolute atomic E-state index is 0.0181. The van der Waals surface area contributed by atoms with E-state index < -0.39 is 15.0 Å². The van der Waals surface area contributed by atoms with Crippen LogP contribution < -0.4 is 0 Å². The van der Waals surface area contributed by atoms with Crippen molar-refractivity contribution in [2.45, 2.75) is 4.83 Å². The first-order valence-electron chi connectivity index (χ1n) is 3.60. The number of halogens is 2. The number of hydrogen-bond acceptors (Lipinski definition) is 3. The summed E-state index contributed by atoms with van der Waals surface area (Å²) in [6, 6.07) is 5.61. The van der Waals surface area contributed by atoms with Gasteiger partial charge in [-0.15, -0.1) is 0 Å². The van der Waals surface area contributed by atoms with Gasteiger partial charge in [0.1, 0.15) is 4.83 Å². The van der Waals surface area contributed by atoms with E-state index in [-0.39, 0.29) is 5.69 Å². The van der Waals surface area contributed by atoms with Crippen LogP contribution in [0.15, 0.2) is 24.3 Å². The van der Waals surface area contributed by atoms with E-state index in [1.807, 2.05) is 0 Å². The molecule has 0 bridgehead atoms. The van der Waals surface area contributed by atoms with Crippen LogP contribution in [0.2, 0.25) is 0 Å². The van der Waals surface area contributed by atoms with E-state index in [0.29, 0.717) is 5.56 Å². The Hall–Kier alpha value is -0.940. The monoisotopic (exact) mass is 277 g/mol. The minimum atomic E-state index is -0.620. The predicted octanol–water partition coefficient (Wildman–Crippen LogP) is 2.80. The second kappa shape index (κ2) is 4.52. The molecule has 0 N–H and O–H groups in total. The van der Waals surface area contributed by atoms with Crippen molar-refractivity contribution in [2.75, 3.05) is 0 Å². The van der Waals surface area contributed by atoms with Crippen LogP contribution in [-0.4, -0.2) is 10.2 Å². The van der Waals surface area contributed by atoms with E-state index in [1.54, 1.807) is 0 Å². The van der Waals surface area contributed by atoms with Gasteiger partial charge in [0.25, 0.3) is 5.69 Å². The van der Waals surface area contributed by atoms with Gasteiger partial charge in [0.05, 0.1) is 4.92 Å². The van der Waals surface area contributed by atoms with E-state index >= 15 is 0 Å². The lowest BCUT2D eigenvalue weighted by molar-refractivity contribution is -0.384. The van der Waals surface area contributed by atoms with Crippen LogP contribution in [0.25, 0.3) is 0 Å². The number of hydrogen-bond donors (Lipinski definition) is 0. The van der Waals surface area contributed by atoms with Crippen molar-refractivity contribution in [3.05, 3.63) is 39.9 Å². The fourth-order valence-electron chi connectivity index (χ4n) is 0.896. The van der Waals surface area contributed by atoms with Crippen molar-refractivity contribution in [1.82, 2.24) is 0 Å². The molecule has 0 heterocycles. The maximum Gasteiger partial charge on any atom is 0.269 e. The van der Waals surface area contributed by atoms with Gasteiger partial charge in [0, 0.05) is 12.1 Å². The molecule has 0 saturated carbocycles. The van der Waals surface area contributed by atoms with E-state index in [4.69, 9.17) is 11.6 Å². The fourth-order valence-corrected chi connectivity index (χ4v) is 1.33. The average molecular weight is 278 g/mol. The second-order valence-corrected chi connectivity index (χ2v) is 3.80. The van der Waals surface area contributed by atoms with Gasteiger partial charge in [-0.05, 0) is 17.2 Å². The predicted molar refractivity (Wildman–Crippen MR) is 55.6 cm³/mol. The van der Waals surface area contributed by atoms with Crippen molar-refractivity contribution < 1.29 is 9.72 Å².